The molecule has 1 atom stereocenters. The lowest BCUT2D eigenvalue weighted by Gasteiger charge is -2.20. The lowest BCUT2D eigenvalue weighted by Crippen LogP contribution is -2.49. The van der Waals surface area contributed by atoms with Crippen molar-refractivity contribution < 1.29 is 18.9 Å². The van der Waals surface area contributed by atoms with Gasteiger partial charge in [0.15, 0.2) is 0 Å². The largest absolute Gasteiger partial charge is 0.351 e. The molecule has 1 spiro atoms. The minimum absolute atomic E-state index is 0.122. The molecule has 1 unspecified atom stereocenters. The Morgan fingerprint density at radius 2 is 2.33 bits per heavy atom. The van der Waals surface area contributed by atoms with Gasteiger partial charge in [-0.3, -0.25) is 14.9 Å². The maximum Gasteiger partial charge on any atom is 0.322 e. The van der Waals surface area contributed by atoms with Gasteiger partial charge in [0.05, 0.1) is 12.7 Å². The monoisotopic (exact) mass is 250 g/mol. The fourth-order valence-electron chi connectivity index (χ4n) is 2.28. The molecular formula is C10H10N4O4. The van der Waals surface area contributed by atoms with Gasteiger partial charge in [0.1, 0.15) is 5.54 Å². The SMILES string of the molecule is O=C1NC(=O)C2(CCN(C(=O)c3ccno3)C2)N1. The topological polar surface area (TPSA) is 105 Å². The number of aromatic nitrogens is 1. The predicted octanol–water partition coefficient (Wildman–Crippen LogP) is -0.901. The molecule has 8 nitrogen and oxygen atoms in total. The van der Waals surface area contributed by atoms with E-state index in [0.717, 1.165) is 0 Å². The zero-order valence-electron chi connectivity index (χ0n) is 9.30. The molecule has 3 rings (SSSR count). The third kappa shape index (κ3) is 1.45. The van der Waals surface area contributed by atoms with Crippen molar-refractivity contribution in [1.29, 1.82) is 0 Å². The highest BCUT2D eigenvalue weighted by Crippen LogP contribution is 2.25. The number of carbonyl (C=O) groups excluding carboxylic acids is 3. The quantitative estimate of drug-likeness (QED) is 0.628. The number of hydrogen-bond acceptors (Lipinski definition) is 5. The van der Waals surface area contributed by atoms with Gasteiger partial charge < -0.3 is 14.7 Å². The van der Waals surface area contributed by atoms with Gasteiger partial charge >= 0.3 is 6.03 Å². The van der Waals surface area contributed by atoms with Crippen LogP contribution < -0.4 is 10.6 Å². The van der Waals surface area contributed by atoms with E-state index in [-0.39, 0.29) is 24.1 Å². The summed E-state index contributed by atoms with van der Waals surface area (Å²) in [6, 6.07) is 0.939. The van der Waals surface area contributed by atoms with Gasteiger partial charge in [0.2, 0.25) is 5.76 Å². The molecule has 2 fully saturated rings. The van der Waals surface area contributed by atoms with Crippen molar-refractivity contribution in [1.82, 2.24) is 20.7 Å². The van der Waals surface area contributed by atoms with Crippen LogP contribution in [-0.4, -0.2) is 46.5 Å². The Labute approximate surface area is 101 Å². The van der Waals surface area contributed by atoms with Crippen LogP contribution in [0.4, 0.5) is 4.79 Å². The summed E-state index contributed by atoms with van der Waals surface area (Å²) in [6.07, 6.45) is 1.77. The van der Waals surface area contributed by atoms with Crippen LogP contribution in [0.3, 0.4) is 0 Å². The summed E-state index contributed by atoms with van der Waals surface area (Å²) in [4.78, 5) is 36.3. The van der Waals surface area contributed by atoms with Crippen molar-refractivity contribution in [3.05, 3.63) is 18.0 Å². The van der Waals surface area contributed by atoms with Crippen molar-refractivity contribution in [3.63, 3.8) is 0 Å². The van der Waals surface area contributed by atoms with E-state index in [0.29, 0.717) is 13.0 Å². The second-order valence-electron chi connectivity index (χ2n) is 4.34. The summed E-state index contributed by atoms with van der Waals surface area (Å²) in [6.45, 7) is 0.525. The smallest absolute Gasteiger partial charge is 0.322 e. The van der Waals surface area contributed by atoms with Crippen LogP contribution in [0, 0.1) is 0 Å². The molecule has 0 radical (unpaired) electrons. The summed E-state index contributed by atoms with van der Waals surface area (Å²) in [5, 5.41) is 8.21. The Balaban J connectivity index is 1.78. The molecule has 8 heteroatoms. The summed E-state index contributed by atoms with van der Waals surface area (Å²) in [5.74, 6) is -0.601. The third-order valence-electron chi connectivity index (χ3n) is 3.22. The van der Waals surface area contributed by atoms with E-state index in [1.807, 2.05) is 0 Å². The van der Waals surface area contributed by atoms with Gasteiger partial charge in [-0.1, -0.05) is 5.16 Å². The second-order valence-corrected chi connectivity index (χ2v) is 4.34. The standard InChI is InChI=1S/C10H10N4O4/c15-7(6-1-3-11-18-6)14-4-2-10(5-14)8(16)12-9(17)13-10/h1,3H,2,4-5H2,(H2,12,13,16,17). The first-order valence-corrected chi connectivity index (χ1v) is 5.44. The second kappa shape index (κ2) is 3.56. The van der Waals surface area contributed by atoms with Gasteiger partial charge in [0, 0.05) is 12.6 Å². The fraction of sp³-hybridized carbons (Fsp3) is 0.400. The first-order valence-electron chi connectivity index (χ1n) is 5.44. The Kier molecular flexibility index (Phi) is 2.12. The van der Waals surface area contributed by atoms with Gasteiger partial charge in [-0.2, -0.15) is 0 Å². The highest BCUT2D eigenvalue weighted by Gasteiger charge is 2.51. The van der Waals surface area contributed by atoms with Gasteiger partial charge in [-0.15, -0.1) is 0 Å². The molecule has 3 heterocycles. The maximum absolute atomic E-state index is 12.0. The average molecular weight is 250 g/mol. The van der Waals surface area contributed by atoms with E-state index in [9.17, 15) is 14.4 Å². The molecule has 1 aromatic rings. The minimum Gasteiger partial charge on any atom is -0.351 e. The number of nitrogens with zero attached hydrogens (tertiary/aromatic N) is 2. The number of likely N-dealkylation sites (tertiary alicyclic amines) is 1. The number of nitrogens with one attached hydrogen (secondary N) is 2. The number of amides is 4. The Hall–Kier alpha value is -2.38. The van der Waals surface area contributed by atoms with Gasteiger partial charge in [0.25, 0.3) is 11.8 Å². The molecule has 0 saturated carbocycles. The fourth-order valence-corrected chi connectivity index (χ4v) is 2.28. The number of urea groups is 1. The van der Waals surface area contributed by atoms with Gasteiger partial charge in [-0.05, 0) is 6.42 Å². The summed E-state index contributed by atoms with van der Waals surface area (Å²) < 4.78 is 4.78. The zero-order valence-corrected chi connectivity index (χ0v) is 9.30. The summed E-state index contributed by atoms with van der Waals surface area (Å²) in [7, 11) is 0. The number of carbonyl (C=O) groups is 3. The molecule has 4 amide bonds. The van der Waals surface area contributed by atoms with Crippen LogP contribution in [0.25, 0.3) is 0 Å². The lowest BCUT2D eigenvalue weighted by atomic mass is 10.00. The lowest BCUT2D eigenvalue weighted by molar-refractivity contribution is -0.123. The number of hydrogen-bond donors (Lipinski definition) is 2. The van der Waals surface area contributed by atoms with Crippen molar-refractivity contribution in [2.45, 2.75) is 12.0 Å². The van der Waals surface area contributed by atoms with Gasteiger partial charge in [-0.25, -0.2) is 4.79 Å². The first kappa shape index (κ1) is 10.8. The van der Waals surface area contributed by atoms with Crippen molar-refractivity contribution in [2.75, 3.05) is 13.1 Å². The van der Waals surface area contributed by atoms with E-state index < -0.39 is 11.6 Å². The molecule has 0 aromatic carbocycles. The van der Waals surface area contributed by atoms with Crippen LogP contribution in [0.5, 0.6) is 0 Å². The molecule has 1 aromatic heterocycles. The van der Waals surface area contributed by atoms with E-state index in [4.69, 9.17) is 4.52 Å². The number of rotatable bonds is 1. The van der Waals surface area contributed by atoms with Crippen molar-refractivity contribution in [3.8, 4) is 0 Å². The average Bonchev–Trinajstić information content (AvgIpc) is 3.01. The third-order valence-corrected chi connectivity index (χ3v) is 3.22. The molecular weight excluding hydrogens is 240 g/mol. The molecule has 0 bridgehead atoms. The highest BCUT2D eigenvalue weighted by atomic mass is 16.5. The molecule has 2 saturated heterocycles. The first-order chi connectivity index (χ1) is 8.61. The summed E-state index contributed by atoms with van der Waals surface area (Å²) in [5.41, 5.74) is -0.993. The van der Waals surface area contributed by atoms with E-state index in [2.05, 4.69) is 15.8 Å². The molecule has 2 N–H and O–H groups in total. The maximum atomic E-state index is 12.0. The number of imide groups is 1. The molecule has 2 aliphatic heterocycles. The molecule has 2 aliphatic rings. The van der Waals surface area contributed by atoms with Crippen LogP contribution in [0.2, 0.25) is 0 Å². The van der Waals surface area contributed by atoms with Crippen molar-refractivity contribution in [2.24, 2.45) is 0 Å². The predicted molar refractivity (Wildman–Crippen MR) is 56.4 cm³/mol. The molecule has 0 aliphatic carbocycles. The molecule has 18 heavy (non-hydrogen) atoms. The van der Waals surface area contributed by atoms with Crippen LogP contribution >= 0.6 is 0 Å². The Morgan fingerprint density at radius 1 is 1.50 bits per heavy atom. The van der Waals surface area contributed by atoms with Crippen LogP contribution in [0.15, 0.2) is 16.8 Å². The normalized spacial score (nSPS) is 26.6. The highest BCUT2D eigenvalue weighted by molar-refractivity contribution is 6.08. The van der Waals surface area contributed by atoms with Crippen LogP contribution in [0.1, 0.15) is 17.0 Å². The van der Waals surface area contributed by atoms with E-state index >= 15 is 0 Å². The van der Waals surface area contributed by atoms with Crippen molar-refractivity contribution >= 4 is 17.8 Å². The molecule has 94 valence electrons. The zero-order chi connectivity index (χ0) is 12.8. The van der Waals surface area contributed by atoms with Crippen LogP contribution in [-0.2, 0) is 4.79 Å². The Morgan fingerprint density at radius 3 is 2.94 bits per heavy atom. The summed E-state index contributed by atoms with van der Waals surface area (Å²) >= 11 is 0. The Bertz CT molecular complexity index is 526. The van der Waals surface area contributed by atoms with E-state index in [1.165, 1.54) is 17.2 Å². The minimum atomic E-state index is -0.993. The van der Waals surface area contributed by atoms with E-state index in [1.54, 1.807) is 0 Å².